The second-order valence-electron chi connectivity index (χ2n) is 1.67. The van der Waals surface area contributed by atoms with Crippen LogP contribution in [0.1, 0.15) is 20.8 Å². The molecular weight excluding hydrogens is 213 g/mol. The van der Waals surface area contributed by atoms with Crippen molar-refractivity contribution < 1.29 is 13.1 Å². The molecule has 66 valence electrons. The zero-order valence-electron chi connectivity index (χ0n) is 6.68. The van der Waals surface area contributed by atoms with Crippen molar-refractivity contribution in [1.29, 1.82) is 0 Å². The molecule has 0 rings (SSSR count). The number of halogens is 2. The van der Waals surface area contributed by atoms with E-state index in [1.165, 1.54) is 19.6 Å². The Hall–Kier alpha value is 1.06. The van der Waals surface area contributed by atoms with E-state index in [1.54, 1.807) is 0 Å². The quantitative estimate of drug-likeness (QED) is 0.671. The summed E-state index contributed by atoms with van der Waals surface area (Å²) >= 11 is 0.194. The first kappa shape index (κ1) is 13.6. The number of hydrogen-bond acceptors (Lipinski definition) is 1. The molecule has 0 saturated carbocycles. The molecule has 0 fully saturated rings. The predicted octanol–water partition coefficient (Wildman–Crippen LogP) is 2.72. The Kier molecular flexibility index (Phi) is 17.3. The molecule has 0 heterocycles. The summed E-state index contributed by atoms with van der Waals surface area (Å²) in [5.41, 5.74) is 0. The van der Waals surface area contributed by atoms with Crippen molar-refractivity contribution >= 4 is 20.2 Å². The van der Waals surface area contributed by atoms with Gasteiger partial charge in [-0.1, -0.05) is 20.8 Å². The van der Waals surface area contributed by atoms with Gasteiger partial charge in [0.15, 0.2) is 0 Å². The minimum absolute atomic E-state index is 0.194. The zero-order valence-corrected chi connectivity index (χ0v) is 9.29. The van der Waals surface area contributed by atoms with Crippen LogP contribution < -0.4 is 0 Å². The standard InChI is InChI=1S/C6H15N.2ClH.Fe/c1-4-7(5-2)6-3;;;/h4-6H2,1-3H3;2*1H;/q;;;+2/p-2. The third-order valence-electron chi connectivity index (χ3n) is 1.34. The molecule has 0 N–H and O–H groups in total. The fourth-order valence-electron chi connectivity index (χ4n) is 0.671. The predicted molar refractivity (Wildman–Crippen MR) is 45.2 cm³/mol. The van der Waals surface area contributed by atoms with Crippen molar-refractivity contribution in [2.24, 2.45) is 0 Å². The molecule has 0 bridgehead atoms. The second-order valence-corrected chi connectivity index (χ2v) is 3.49. The number of rotatable bonds is 3. The molecule has 0 amide bonds. The van der Waals surface area contributed by atoms with Gasteiger partial charge in [-0.15, -0.1) is 0 Å². The van der Waals surface area contributed by atoms with Crippen LogP contribution in [0.3, 0.4) is 0 Å². The topological polar surface area (TPSA) is 3.24 Å². The van der Waals surface area contributed by atoms with Crippen molar-refractivity contribution in [3.05, 3.63) is 0 Å². The molecule has 0 atom stereocenters. The molecule has 0 radical (unpaired) electrons. The monoisotopic (exact) mass is 227 g/mol. The van der Waals surface area contributed by atoms with Crippen molar-refractivity contribution in [2.75, 3.05) is 19.6 Å². The van der Waals surface area contributed by atoms with Crippen LogP contribution in [0.25, 0.3) is 0 Å². The Bertz CT molecular complexity index is 45.5. The maximum atomic E-state index is 4.76. The van der Waals surface area contributed by atoms with Crippen molar-refractivity contribution in [3.63, 3.8) is 0 Å². The third-order valence-corrected chi connectivity index (χ3v) is 1.34. The van der Waals surface area contributed by atoms with Gasteiger partial charge in [-0.2, -0.15) is 0 Å². The van der Waals surface area contributed by atoms with Crippen LogP contribution in [-0.2, 0) is 13.1 Å². The summed E-state index contributed by atoms with van der Waals surface area (Å²) < 4.78 is 0. The van der Waals surface area contributed by atoms with Gasteiger partial charge in [-0.25, -0.2) is 0 Å². The molecule has 0 aromatic heterocycles. The van der Waals surface area contributed by atoms with Crippen LogP contribution in [0.4, 0.5) is 0 Å². The Morgan fingerprint density at radius 1 is 1.00 bits per heavy atom. The summed E-state index contributed by atoms with van der Waals surface area (Å²) in [6.07, 6.45) is 0. The van der Waals surface area contributed by atoms with Gasteiger partial charge < -0.3 is 4.90 Å². The first-order chi connectivity index (χ1) is 4.76. The van der Waals surface area contributed by atoms with E-state index in [2.05, 4.69) is 25.7 Å². The van der Waals surface area contributed by atoms with E-state index < -0.39 is 0 Å². The molecule has 1 nitrogen and oxygen atoms in total. The summed E-state index contributed by atoms with van der Waals surface area (Å²) in [6, 6.07) is 0. The van der Waals surface area contributed by atoms with Crippen LogP contribution in [0.2, 0.25) is 0 Å². The molecule has 0 spiro atoms. The van der Waals surface area contributed by atoms with Gasteiger partial charge in [0.05, 0.1) is 0 Å². The summed E-state index contributed by atoms with van der Waals surface area (Å²) in [7, 11) is 9.53. The summed E-state index contributed by atoms with van der Waals surface area (Å²) in [5, 5.41) is 0. The van der Waals surface area contributed by atoms with E-state index in [-0.39, 0.29) is 13.1 Å². The molecule has 0 aliphatic heterocycles. The molecule has 0 aliphatic rings. The van der Waals surface area contributed by atoms with E-state index in [1.807, 2.05) is 0 Å². The Morgan fingerprint density at radius 2 is 1.20 bits per heavy atom. The van der Waals surface area contributed by atoms with Crippen molar-refractivity contribution in [2.45, 2.75) is 20.8 Å². The molecule has 0 aromatic carbocycles. The molecule has 0 aromatic rings. The van der Waals surface area contributed by atoms with Gasteiger partial charge in [-0.05, 0) is 19.6 Å². The van der Waals surface area contributed by atoms with Gasteiger partial charge in [0.25, 0.3) is 0 Å². The average Bonchev–Trinajstić information content (AvgIpc) is 1.93. The third kappa shape index (κ3) is 11.8. The molecule has 10 heavy (non-hydrogen) atoms. The zero-order chi connectivity index (χ0) is 8.41. The summed E-state index contributed by atoms with van der Waals surface area (Å²) in [6.45, 7) is 10.1. The Labute approximate surface area is 78.7 Å². The van der Waals surface area contributed by atoms with Gasteiger partial charge >= 0.3 is 33.3 Å². The SMILES string of the molecule is CCN(CC)CC.[Cl][Fe][Cl]. The van der Waals surface area contributed by atoms with Gasteiger partial charge in [0, 0.05) is 0 Å². The summed E-state index contributed by atoms with van der Waals surface area (Å²) in [4.78, 5) is 2.38. The van der Waals surface area contributed by atoms with Crippen LogP contribution in [-0.4, -0.2) is 24.5 Å². The number of nitrogens with zero attached hydrogens (tertiary/aromatic N) is 1. The van der Waals surface area contributed by atoms with E-state index in [0.29, 0.717) is 0 Å². The minimum atomic E-state index is 0.194. The van der Waals surface area contributed by atoms with E-state index in [9.17, 15) is 0 Å². The fourth-order valence-corrected chi connectivity index (χ4v) is 0.671. The van der Waals surface area contributed by atoms with Gasteiger partial charge in [0.2, 0.25) is 0 Å². The second kappa shape index (κ2) is 12.7. The maximum absolute atomic E-state index is 4.76. The average molecular weight is 228 g/mol. The molecular formula is C6H15Cl2FeN. The summed E-state index contributed by atoms with van der Waals surface area (Å²) in [5.74, 6) is 0. The molecule has 0 saturated heterocycles. The first-order valence-electron chi connectivity index (χ1n) is 3.34. The van der Waals surface area contributed by atoms with Crippen LogP contribution >= 0.6 is 20.2 Å². The first-order valence-corrected chi connectivity index (χ1v) is 6.38. The Morgan fingerprint density at radius 3 is 1.20 bits per heavy atom. The van der Waals surface area contributed by atoms with Crippen LogP contribution in [0, 0.1) is 0 Å². The molecule has 0 aliphatic carbocycles. The van der Waals surface area contributed by atoms with Crippen molar-refractivity contribution in [1.82, 2.24) is 4.90 Å². The Balaban J connectivity index is 0. The van der Waals surface area contributed by atoms with Crippen LogP contribution in [0.15, 0.2) is 0 Å². The molecule has 4 heteroatoms. The number of hydrogen-bond donors (Lipinski definition) is 0. The van der Waals surface area contributed by atoms with E-state index in [4.69, 9.17) is 20.2 Å². The fraction of sp³-hybridized carbons (Fsp3) is 1.00. The van der Waals surface area contributed by atoms with E-state index in [0.717, 1.165) is 0 Å². The van der Waals surface area contributed by atoms with Gasteiger partial charge in [-0.3, -0.25) is 0 Å². The van der Waals surface area contributed by atoms with E-state index >= 15 is 0 Å². The normalized spacial score (nSPS) is 9.40. The van der Waals surface area contributed by atoms with Gasteiger partial charge in [0.1, 0.15) is 0 Å². The van der Waals surface area contributed by atoms with Crippen molar-refractivity contribution in [3.8, 4) is 0 Å². The molecule has 0 unspecified atom stereocenters. The van der Waals surface area contributed by atoms with Crippen LogP contribution in [0.5, 0.6) is 0 Å².